The largest absolute Gasteiger partial charge is 0.303 e. The minimum atomic E-state index is -0.417. The van der Waals surface area contributed by atoms with Gasteiger partial charge in [-0.05, 0) is 19.4 Å². The Kier molecular flexibility index (Phi) is 3.16. The summed E-state index contributed by atoms with van der Waals surface area (Å²) in [5.74, 6) is 0. The van der Waals surface area contributed by atoms with Crippen LogP contribution in [0.1, 0.15) is 25.5 Å². The van der Waals surface area contributed by atoms with Gasteiger partial charge in [-0.2, -0.15) is 5.26 Å². The zero-order valence-electron chi connectivity index (χ0n) is 9.56. The molecule has 0 saturated carbocycles. The quantitative estimate of drug-likeness (QED) is 0.749. The van der Waals surface area contributed by atoms with E-state index in [1.807, 2.05) is 0 Å². The first-order valence-corrected chi connectivity index (χ1v) is 5.71. The van der Waals surface area contributed by atoms with E-state index in [0.717, 1.165) is 38.2 Å². The van der Waals surface area contributed by atoms with Crippen molar-refractivity contribution in [1.29, 1.82) is 5.26 Å². The van der Waals surface area contributed by atoms with Gasteiger partial charge in [0.05, 0.1) is 18.0 Å². The lowest BCUT2D eigenvalue weighted by atomic mass is 9.77. The summed E-state index contributed by atoms with van der Waals surface area (Å²) in [5.41, 5.74) is 0.410. The zero-order chi connectivity index (χ0) is 11.4. The molecule has 0 unspecified atom stereocenters. The Morgan fingerprint density at radius 2 is 2.19 bits per heavy atom. The van der Waals surface area contributed by atoms with Crippen molar-refractivity contribution in [1.82, 2.24) is 14.9 Å². The molecule has 0 aromatic carbocycles. The molecule has 0 atom stereocenters. The molecular weight excluding hydrogens is 200 g/mol. The Balaban J connectivity index is 2.20. The fourth-order valence-corrected chi connectivity index (χ4v) is 2.22. The highest BCUT2D eigenvalue weighted by Crippen LogP contribution is 2.33. The Hall–Kier alpha value is -1.47. The lowest BCUT2D eigenvalue weighted by molar-refractivity contribution is 0.192. The van der Waals surface area contributed by atoms with Gasteiger partial charge in [0.1, 0.15) is 5.41 Å². The van der Waals surface area contributed by atoms with Crippen molar-refractivity contribution in [3.63, 3.8) is 0 Å². The van der Waals surface area contributed by atoms with E-state index in [2.05, 4.69) is 27.9 Å². The molecule has 0 N–H and O–H groups in total. The van der Waals surface area contributed by atoms with Crippen molar-refractivity contribution < 1.29 is 0 Å². The Morgan fingerprint density at radius 3 is 2.69 bits per heavy atom. The van der Waals surface area contributed by atoms with Crippen molar-refractivity contribution in [2.24, 2.45) is 0 Å². The van der Waals surface area contributed by atoms with Gasteiger partial charge in [0, 0.05) is 25.5 Å². The van der Waals surface area contributed by atoms with Gasteiger partial charge >= 0.3 is 0 Å². The SMILES string of the molecule is CCN1CCC(C#N)(c2cnccn2)CC1. The number of piperidine rings is 1. The van der Waals surface area contributed by atoms with Crippen LogP contribution in [-0.2, 0) is 5.41 Å². The molecule has 16 heavy (non-hydrogen) atoms. The van der Waals surface area contributed by atoms with E-state index in [9.17, 15) is 5.26 Å². The molecule has 0 radical (unpaired) electrons. The van der Waals surface area contributed by atoms with Crippen molar-refractivity contribution in [3.05, 3.63) is 24.3 Å². The molecule has 1 saturated heterocycles. The number of hydrogen-bond donors (Lipinski definition) is 0. The van der Waals surface area contributed by atoms with Gasteiger partial charge in [-0.1, -0.05) is 6.92 Å². The van der Waals surface area contributed by atoms with Gasteiger partial charge in [0.2, 0.25) is 0 Å². The molecule has 84 valence electrons. The van der Waals surface area contributed by atoms with Crippen LogP contribution in [0.25, 0.3) is 0 Å². The third kappa shape index (κ3) is 1.91. The number of nitrogens with zero attached hydrogens (tertiary/aromatic N) is 4. The third-order valence-corrected chi connectivity index (χ3v) is 3.42. The summed E-state index contributed by atoms with van der Waals surface area (Å²) in [5, 5.41) is 9.42. The summed E-state index contributed by atoms with van der Waals surface area (Å²) in [7, 11) is 0. The van der Waals surface area contributed by atoms with Crippen LogP contribution in [0.2, 0.25) is 0 Å². The summed E-state index contributed by atoms with van der Waals surface area (Å²) < 4.78 is 0. The zero-order valence-corrected chi connectivity index (χ0v) is 9.56. The van der Waals surface area contributed by atoms with E-state index in [4.69, 9.17) is 0 Å². The smallest absolute Gasteiger partial charge is 0.103 e. The highest BCUT2D eigenvalue weighted by molar-refractivity contribution is 5.25. The first kappa shape index (κ1) is 11.0. The topological polar surface area (TPSA) is 52.8 Å². The van der Waals surface area contributed by atoms with Gasteiger partial charge in [-0.25, -0.2) is 0 Å². The Bertz CT molecular complexity index is 374. The van der Waals surface area contributed by atoms with Crippen molar-refractivity contribution in [2.75, 3.05) is 19.6 Å². The molecule has 1 fully saturated rings. The minimum absolute atomic E-state index is 0.417. The molecule has 1 aliphatic heterocycles. The van der Waals surface area contributed by atoms with E-state index in [1.165, 1.54) is 0 Å². The normalized spacial score (nSPS) is 20.2. The van der Waals surface area contributed by atoms with Crippen LogP contribution in [0.5, 0.6) is 0 Å². The van der Waals surface area contributed by atoms with Gasteiger partial charge < -0.3 is 4.90 Å². The monoisotopic (exact) mass is 216 g/mol. The highest BCUT2D eigenvalue weighted by Gasteiger charge is 2.37. The van der Waals surface area contributed by atoms with E-state index in [0.29, 0.717) is 0 Å². The average molecular weight is 216 g/mol. The van der Waals surface area contributed by atoms with Crippen LogP contribution in [0.4, 0.5) is 0 Å². The summed E-state index contributed by atoms with van der Waals surface area (Å²) in [6.45, 7) is 5.16. The first-order valence-electron chi connectivity index (χ1n) is 5.71. The second-order valence-electron chi connectivity index (χ2n) is 4.22. The van der Waals surface area contributed by atoms with Crippen LogP contribution in [0.3, 0.4) is 0 Å². The molecule has 2 heterocycles. The Labute approximate surface area is 95.9 Å². The standard InChI is InChI=1S/C12H16N4/c1-2-16-7-3-12(10-13,4-8-16)11-9-14-5-6-15-11/h5-6,9H,2-4,7-8H2,1H3. The van der Waals surface area contributed by atoms with Crippen LogP contribution in [0.15, 0.2) is 18.6 Å². The van der Waals surface area contributed by atoms with Crippen molar-refractivity contribution in [3.8, 4) is 6.07 Å². The number of likely N-dealkylation sites (tertiary alicyclic amines) is 1. The molecule has 1 aromatic rings. The lowest BCUT2D eigenvalue weighted by Gasteiger charge is -2.36. The average Bonchev–Trinajstić information content (AvgIpc) is 2.40. The molecule has 0 aliphatic carbocycles. The van der Waals surface area contributed by atoms with Gasteiger partial charge in [-0.15, -0.1) is 0 Å². The maximum atomic E-state index is 9.42. The highest BCUT2D eigenvalue weighted by atomic mass is 15.1. The summed E-state index contributed by atoms with van der Waals surface area (Å²) in [4.78, 5) is 10.7. The summed E-state index contributed by atoms with van der Waals surface area (Å²) in [6, 6.07) is 2.45. The lowest BCUT2D eigenvalue weighted by Crippen LogP contribution is -2.42. The molecule has 1 aliphatic rings. The molecule has 1 aromatic heterocycles. The van der Waals surface area contributed by atoms with Crippen molar-refractivity contribution in [2.45, 2.75) is 25.2 Å². The van der Waals surface area contributed by atoms with E-state index in [-0.39, 0.29) is 0 Å². The second-order valence-corrected chi connectivity index (χ2v) is 4.22. The first-order chi connectivity index (χ1) is 7.80. The van der Waals surface area contributed by atoms with Gasteiger partial charge in [-0.3, -0.25) is 9.97 Å². The third-order valence-electron chi connectivity index (χ3n) is 3.42. The van der Waals surface area contributed by atoms with E-state index < -0.39 is 5.41 Å². The minimum Gasteiger partial charge on any atom is -0.303 e. The molecule has 4 nitrogen and oxygen atoms in total. The molecule has 0 amide bonds. The van der Waals surface area contributed by atoms with Crippen LogP contribution in [0, 0.1) is 11.3 Å². The number of nitriles is 1. The molecule has 4 heteroatoms. The second kappa shape index (κ2) is 4.58. The van der Waals surface area contributed by atoms with Crippen LogP contribution >= 0.6 is 0 Å². The Morgan fingerprint density at radius 1 is 1.44 bits per heavy atom. The predicted molar refractivity (Wildman–Crippen MR) is 60.7 cm³/mol. The number of rotatable bonds is 2. The van der Waals surface area contributed by atoms with Gasteiger partial charge in [0.15, 0.2) is 0 Å². The van der Waals surface area contributed by atoms with Crippen LogP contribution < -0.4 is 0 Å². The van der Waals surface area contributed by atoms with Crippen LogP contribution in [-0.4, -0.2) is 34.5 Å². The molecule has 2 rings (SSSR count). The fraction of sp³-hybridized carbons (Fsp3) is 0.583. The molecular formula is C12H16N4. The molecule has 0 spiro atoms. The van der Waals surface area contributed by atoms with E-state index >= 15 is 0 Å². The summed E-state index contributed by atoms with van der Waals surface area (Å²) in [6.07, 6.45) is 6.76. The maximum absolute atomic E-state index is 9.42. The van der Waals surface area contributed by atoms with Gasteiger partial charge in [0.25, 0.3) is 0 Å². The summed E-state index contributed by atoms with van der Waals surface area (Å²) >= 11 is 0. The number of hydrogen-bond acceptors (Lipinski definition) is 4. The van der Waals surface area contributed by atoms with E-state index in [1.54, 1.807) is 18.6 Å². The molecule has 0 bridgehead atoms. The number of aromatic nitrogens is 2. The van der Waals surface area contributed by atoms with Crippen molar-refractivity contribution >= 4 is 0 Å². The maximum Gasteiger partial charge on any atom is 0.103 e. The predicted octanol–water partition coefficient (Wildman–Crippen LogP) is 1.35. The fourth-order valence-electron chi connectivity index (χ4n) is 2.22.